The molecule has 9 nitrogen and oxygen atoms in total. The Kier molecular flexibility index (Phi) is 9.20. The number of carbonyl (C=O) groups is 1. The Bertz CT molecular complexity index is 2110. The van der Waals surface area contributed by atoms with Gasteiger partial charge in [-0.2, -0.15) is 5.10 Å². The fourth-order valence-corrected chi connectivity index (χ4v) is 5.96. The van der Waals surface area contributed by atoms with Gasteiger partial charge in [0.15, 0.2) is 11.6 Å². The summed E-state index contributed by atoms with van der Waals surface area (Å²) in [5.41, 5.74) is 3.23. The van der Waals surface area contributed by atoms with E-state index in [1.807, 2.05) is 24.3 Å². The van der Waals surface area contributed by atoms with Gasteiger partial charge in [0.1, 0.15) is 29.5 Å². The fraction of sp³-hybridized carbons (Fsp3) is 0.189. The number of aromatic nitrogens is 4. The largest absolute Gasteiger partial charge is 0.489 e. The molecule has 3 aromatic heterocycles. The smallest absolute Gasteiger partial charge is 0.261 e. The summed E-state index contributed by atoms with van der Waals surface area (Å²) in [6.07, 6.45) is 7.02. The van der Waals surface area contributed by atoms with Crippen LogP contribution in [0.25, 0.3) is 28.0 Å². The average molecular weight is 664 g/mol. The SMILES string of the molecule is O=C(Nc1cccc(-c2nn3ccccc3c2-c2ccnc(Nc3ccc(OCCN4CCCCC4)c(F)c3)n2)c1)c1c(F)cccc1F. The molecule has 3 aromatic carbocycles. The Labute approximate surface area is 280 Å². The van der Waals surface area contributed by atoms with E-state index in [0.717, 1.165) is 37.3 Å². The van der Waals surface area contributed by atoms with Gasteiger partial charge in [-0.1, -0.05) is 30.7 Å². The Morgan fingerprint density at radius 3 is 2.47 bits per heavy atom. The summed E-state index contributed by atoms with van der Waals surface area (Å²) in [6.45, 7) is 3.28. The zero-order valence-electron chi connectivity index (χ0n) is 26.4. The van der Waals surface area contributed by atoms with Gasteiger partial charge in [-0.05, 0) is 80.5 Å². The van der Waals surface area contributed by atoms with Crippen LogP contribution < -0.4 is 15.4 Å². The summed E-state index contributed by atoms with van der Waals surface area (Å²) in [7, 11) is 0. The van der Waals surface area contributed by atoms with Gasteiger partial charge in [0.05, 0.1) is 16.8 Å². The quantitative estimate of drug-likeness (QED) is 0.155. The van der Waals surface area contributed by atoms with Crippen LogP contribution in [-0.2, 0) is 0 Å². The number of likely N-dealkylation sites (tertiary alicyclic amines) is 1. The first-order valence-corrected chi connectivity index (χ1v) is 16.0. The number of hydrogen-bond donors (Lipinski definition) is 2. The summed E-state index contributed by atoms with van der Waals surface area (Å²) in [5, 5.41) is 10.5. The molecular weight excluding hydrogens is 631 g/mol. The van der Waals surface area contributed by atoms with Gasteiger partial charge < -0.3 is 15.4 Å². The average Bonchev–Trinajstić information content (AvgIpc) is 3.50. The number of piperidine rings is 1. The lowest BCUT2D eigenvalue weighted by atomic mass is 10.0. The molecule has 7 rings (SSSR count). The molecule has 49 heavy (non-hydrogen) atoms. The van der Waals surface area contributed by atoms with E-state index in [2.05, 4.69) is 20.5 Å². The number of fused-ring (bicyclic) bond motifs is 1. The molecule has 1 saturated heterocycles. The second-order valence-corrected chi connectivity index (χ2v) is 11.7. The number of pyridine rings is 1. The van der Waals surface area contributed by atoms with Crippen molar-refractivity contribution in [2.75, 3.05) is 36.9 Å². The number of halogens is 3. The summed E-state index contributed by atoms with van der Waals surface area (Å²) in [5.74, 6) is -2.90. The van der Waals surface area contributed by atoms with Crippen LogP contribution in [0.1, 0.15) is 29.6 Å². The Balaban J connectivity index is 1.13. The molecule has 248 valence electrons. The molecule has 0 unspecified atom stereocenters. The summed E-state index contributed by atoms with van der Waals surface area (Å²) in [4.78, 5) is 24.2. The first kappa shape index (κ1) is 31.8. The number of anilines is 3. The fourth-order valence-electron chi connectivity index (χ4n) is 5.96. The highest BCUT2D eigenvalue weighted by molar-refractivity contribution is 6.05. The minimum Gasteiger partial charge on any atom is -0.489 e. The molecule has 0 saturated carbocycles. The maximum absolute atomic E-state index is 15.0. The number of amides is 1. The summed E-state index contributed by atoms with van der Waals surface area (Å²) in [6, 6.07) is 22.1. The molecule has 4 heterocycles. The van der Waals surface area contributed by atoms with Crippen molar-refractivity contribution < 1.29 is 22.7 Å². The third-order valence-electron chi connectivity index (χ3n) is 8.34. The number of nitrogens with one attached hydrogen (secondary N) is 2. The zero-order valence-corrected chi connectivity index (χ0v) is 26.4. The molecule has 2 N–H and O–H groups in total. The van der Waals surface area contributed by atoms with Crippen molar-refractivity contribution >= 4 is 28.7 Å². The van der Waals surface area contributed by atoms with Crippen molar-refractivity contribution in [1.29, 1.82) is 0 Å². The second-order valence-electron chi connectivity index (χ2n) is 11.7. The standard InChI is InChI=1S/C37H32F3N7O2/c38-27-10-7-11-28(39)33(27)36(48)42-25-9-6-8-24(22-25)35-34(31-12-2-5-19-47(31)45-35)30-15-16-41-37(44-30)43-26-13-14-32(29(40)23-26)49-21-20-46-17-3-1-4-18-46/h2,5-16,19,22-23H,1,3-4,17-18,20-21H2,(H,42,48)(H,41,43,44). The summed E-state index contributed by atoms with van der Waals surface area (Å²) >= 11 is 0. The number of hydrogen-bond acceptors (Lipinski definition) is 7. The van der Waals surface area contributed by atoms with E-state index < -0.39 is 28.9 Å². The molecule has 6 aromatic rings. The monoisotopic (exact) mass is 663 g/mol. The number of carbonyl (C=O) groups excluding carboxylic acids is 1. The van der Waals surface area contributed by atoms with Crippen LogP contribution in [0.2, 0.25) is 0 Å². The normalized spacial score (nSPS) is 13.4. The van der Waals surface area contributed by atoms with Gasteiger partial charge in [-0.25, -0.2) is 27.7 Å². The van der Waals surface area contributed by atoms with E-state index in [1.54, 1.807) is 53.3 Å². The third-order valence-corrected chi connectivity index (χ3v) is 8.34. The van der Waals surface area contributed by atoms with Crippen LogP contribution in [0.5, 0.6) is 5.75 Å². The van der Waals surface area contributed by atoms with E-state index in [0.29, 0.717) is 40.5 Å². The van der Waals surface area contributed by atoms with Crippen LogP contribution in [0.4, 0.5) is 30.5 Å². The molecule has 0 aliphatic carbocycles. The van der Waals surface area contributed by atoms with Crippen molar-refractivity contribution in [3.8, 4) is 28.3 Å². The van der Waals surface area contributed by atoms with Gasteiger partial charge >= 0.3 is 0 Å². The van der Waals surface area contributed by atoms with Crippen LogP contribution in [0, 0.1) is 17.5 Å². The van der Waals surface area contributed by atoms with Crippen LogP contribution in [0.3, 0.4) is 0 Å². The van der Waals surface area contributed by atoms with Gasteiger partial charge in [0, 0.05) is 41.9 Å². The van der Waals surface area contributed by atoms with Gasteiger partial charge in [-0.3, -0.25) is 9.69 Å². The highest BCUT2D eigenvalue weighted by atomic mass is 19.1. The predicted octanol–water partition coefficient (Wildman–Crippen LogP) is 7.74. The predicted molar refractivity (Wildman–Crippen MR) is 181 cm³/mol. The van der Waals surface area contributed by atoms with E-state index in [9.17, 15) is 18.0 Å². The van der Waals surface area contributed by atoms with Crippen molar-refractivity contribution in [1.82, 2.24) is 24.5 Å². The molecule has 1 amide bonds. The lowest BCUT2D eigenvalue weighted by Crippen LogP contribution is -2.33. The molecule has 0 spiro atoms. The molecular formula is C37H32F3N7O2. The maximum Gasteiger partial charge on any atom is 0.261 e. The molecule has 0 atom stereocenters. The van der Waals surface area contributed by atoms with Gasteiger partial charge in [-0.15, -0.1) is 0 Å². The first-order valence-electron chi connectivity index (χ1n) is 16.0. The van der Waals surface area contributed by atoms with Crippen LogP contribution in [-0.4, -0.2) is 56.6 Å². The van der Waals surface area contributed by atoms with E-state index in [4.69, 9.17) is 14.8 Å². The minimum atomic E-state index is -0.959. The highest BCUT2D eigenvalue weighted by Gasteiger charge is 2.21. The maximum atomic E-state index is 15.0. The minimum absolute atomic E-state index is 0.186. The van der Waals surface area contributed by atoms with Crippen LogP contribution >= 0.6 is 0 Å². The zero-order chi connectivity index (χ0) is 33.7. The topological polar surface area (TPSA) is 96.7 Å². The van der Waals surface area contributed by atoms with Crippen molar-refractivity contribution in [3.63, 3.8) is 0 Å². The molecule has 12 heteroatoms. The summed E-state index contributed by atoms with van der Waals surface area (Å²) < 4.78 is 51.0. The molecule has 1 aliphatic heterocycles. The van der Waals surface area contributed by atoms with Crippen molar-refractivity contribution in [2.45, 2.75) is 19.3 Å². The third kappa shape index (κ3) is 7.09. The first-order chi connectivity index (χ1) is 23.9. The van der Waals surface area contributed by atoms with Crippen molar-refractivity contribution in [2.24, 2.45) is 0 Å². The van der Waals surface area contributed by atoms with E-state index >= 15 is 0 Å². The number of ether oxygens (including phenoxy) is 1. The second kappa shape index (κ2) is 14.2. The number of nitrogens with zero attached hydrogens (tertiary/aromatic N) is 5. The lowest BCUT2D eigenvalue weighted by Gasteiger charge is -2.26. The molecule has 0 radical (unpaired) electrons. The Morgan fingerprint density at radius 2 is 1.65 bits per heavy atom. The van der Waals surface area contributed by atoms with E-state index in [-0.39, 0.29) is 11.7 Å². The Morgan fingerprint density at radius 1 is 0.837 bits per heavy atom. The molecule has 1 fully saturated rings. The van der Waals surface area contributed by atoms with Crippen molar-refractivity contribution in [3.05, 3.63) is 120 Å². The lowest BCUT2D eigenvalue weighted by molar-refractivity contribution is 0.101. The van der Waals surface area contributed by atoms with Gasteiger partial charge in [0.25, 0.3) is 5.91 Å². The Hall–Kier alpha value is -5.75. The number of rotatable bonds is 10. The number of benzene rings is 3. The molecule has 1 aliphatic rings. The molecule has 0 bridgehead atoms. The highest BCUT2D eigenvalue weighted by Crippen LogP contribution is 2.36. The van der Waals surface area contributed by atoms with Gasteiger partial charge in [0.2, 0.25) is 5.95 Å². The van der Waals surface area contributed by atoms with Crippen LogP contribution in [0.15, 0.2) is 97.3 Å². The van der Waals surface area contributed by atoms with E-state index in [1.165, 1.54) is 31.4 Å².